The molecule has 2 nitrogen and oxygen atoms in total. The molecule has 94 valence electrons. The summed E-state index contributed by atoms with van der Waals surface area (Å²) < 4.78 is 37.6. The van der Waals surface area contributed by atoms with Gasteiger partial charge in [-0.05, 0) is 36.4 Å². The van der Waals surface area contributed by atoms with Crippen molar-refractivity contribution in [3.05, 3.63) is 47.1 Å². The van der Waals surface area contributed by atoms with Crippen LogP contribution in [0.15, 0.2) is 36.4 Å². The van der Waals surface area contributed by atoms with E-state index in [1.165, 1.54) is 24.3 Å². The first-order valence-corrected chi connectivity index (χ1v) is 5.29. The van der Waals surface area contributed by atoms with Gasteiger partial charge in [0.15, 0.2) is 0 Å². The highest BCUT2D eigenvalue weighted by atomic mass is 35.5. The first-order chi connectivity index (χ1) is 8.38. The van der Waals surface area contributed by atoms with Crippen LogP contribution in [0.25, 0.3) is 11.3 Å². The molecule has 0 unspecified atom stereocenters. The summed E-state index contributed by atoms with van der Waals surface area (Å²) in [6.45, 7) is 0. The number of rotatable bonds is 1. The molecule has 0 amide bonds. The van der Waals surface area contributed by atoms with Gasteiger partial charge in [-0.25, -0.2) is 4.98 Å². The summed E-state index contributed by atoms with van der Waals surface area (Å²) in [5.41, 5.74) is -0.564. The Morgan fingerprint density at radius 2 is 1.61 bits per heavy atom. The summed E-state index contributed by atoms with van der Waals surface area (Å²) in [6.07, 6.45) is -4.52. The number of halogens is 4. The van der Waals surface area contributed by atoms with Crippen molar-refractivity contribution in [1.82, 2.24) is 4.98 Å². The third kappa shape index (κ3) is 2.56. The lowest BCUT2D eigenvalue weighted by Crippen LogP contribution is -2.08. The van der Waals surface area contributed by atoms with Gasteiger partial charge in [0.2, 0.25) is 0 Å². The van der Waals surface area contributed by atoms with E-state index in [2.05, 4.69) is 4.98 Å². The van der Waals surface area contributed by atoms with Crippen molar-refractivity contribution in [2.45, 2.75) is 6.18 Å². The second-order valence-electron chi connectivity index (χ2n) is 3.57. The zero-order valence-corrected chi connectivity index (χ0v) is 9.63. The highest BCUT2D eigenvalue weighted by Gasteiger charge is 2.33. The Morgan fingerprint density at radius 3 is 2.17 bits per heavy atom. The summed E-state index contributed by atoms with van der Waals surface area (Å²) in [5.74, 6) is 0.0156. The molecule has 1 aromatic heterocycles. The number of nitrogens with zero attached hydrogens (tertiary/aromatic N) is 1. The second kappa shape index (κ2) is 4.49. The minimum atomic E-state index is -4.52. The molecule has 0 fully saturated rings. The van der Waals surface area contributed by atoms with Crippen LogP contribution in [0, 0.1) is 0 Å². The number of benzene rings is 1. The smallest absolute Gasteiger partial charge is 0.433 e. The van der Waals surface area contributed by atoms with Crippen molar-refractivity contribution in [1.29, 1.82) is 0 Å². The molecule has 0 aliphatic rings. The molecule has 18 heavy (non-hydrogen) atoms. The van der Waals surface area contributed by atoms with Crippen molar-refractivity contribution >= 4 is 11.6 Å². The normalized spacial score (nSPS) is 11.6. The number of aromatic nitrogens is 1. The van der Waals surface area contributed by atoms with Gasteiger partial charge < -0.3 is 5.11 Å². The molecule has 2 aromatic rings. The van der Waals surface area contributed by atoms with Crippen LogP contribution in [0.5, 0.6) is 5.75 Å². The van der Waals surface area contributed by atoms with Crippen LogP contribution in [0.4, 0.5) is 13.2 Å². The maximum absolute atomic E-state index is 12.5. The first-order valence-electron chi connectivity index (χ1n) is 4.91. The molecule has 6 heteroatoms. The predicted molar refractivity (Wildman–Crippen MR) is 61.3 cm³/mol. The standard InChI is InChI=1S/C12H7ClF3NO/c13-9-5-6-10(12(14,15)16)17-11(9)7-1-3-8(18)4-2-7/h1-6,18H. The van der Waals surface area contributed by atoms with E-state index in [0.717, 1.165) is 12.1 Å². The minimum Gasteiger partial charge on any atom is -0.508 e. The van der Waals surface area contributed by atoms with Gasteiger partial charge in [-0.1, -0.05) is 11.6 Å². The Balaban J connectivity index is 2.53. The van der Waals surface area contributed by atoms with E-state index in [1.807, 2.05) is 0 Å². The van der Waals surface area contributed by atoms with E-state index in [9.17, 15) is 13.2 Å². The number of pyridine rings is 1. The molecule has 0 saturated heterocycles. The fourth-order valence-electron chi connectivity index (χ4n) is 1.42. The Labute approximate surface area is 106 Å². The van der Waals surface area contributed by atoms with E-state index >= 15 is 0 Å². The van der Waals surface area contributed by atoms with E-state index in [0.29, 0.717) is 5.56 Å². The zero-order chi connectivity index (χ0) is 13.3. The van der Waals surface area contributed by atoms with Gasteiger partial charge in [0, 0.05) is 5.56 Å². The molecule has 1 heterocycles. The minimum absolute atomic E-state index is 0.0156. The molecule has 0 radical (unpaired) electrons. The van der Waals surface area contributed by atoms with Gasteiger partial charge >= 0.3 is 6.18 Å². The largest absolute Gasteiger partial charge is 0.508 e. The van der Waals surface area contributed by atoms with Gasteiger partial charge in [0.05, 0.1) is 10.7 Å². The number of phenolic OH excluding ortho intramolecular Hbond substituents is 1. The number of hydrogen-bond acceptors (Lipinski definition) is 2. The molecular formula is C12H7ClF3NO. The van der Waals surface area contributed by atoms with Crippen LogP contribution in [0.2, 0.25) is 5.02 Å². The molecule has 2 rings (SSSR count). The number of phenols is 1. The second-order valence-corrected chi connectivity index (χ2v) is 3.98. The topological polar surface area (TPSA) is 33.1 Å². The summed E-state index contributed by atoms with van der Waals surface area (Å²) in [4.78, 5) is 3.50. The van der Waals surface area contributed by atoms with Gasteiger partial charge in [0.1, 0.15) is 11.4 Å². The van der Waals surface area contributed by atoms with Crippen molar-refractivity contribution in [3.8, 4) is 17.0 Å². The monoisotopic (exact) mass is 273 g/mol. The van der Waals surface area contributed by atoms with E-state index < -0.39 is 11.9 Å². The number of hydrogen-bond donors (Lipinski definition) is 1. The average molecular weight is 274 g/mol. The summed E-state index contributed by atoms with van der Waals surface area (Å²) in [5, 5.41) is 9.24. The quantitative estimate of drug-likeness (QED) is 0.847. The highest BCUT2D eigenvalue weighted by Crippen LogP contribution is 2.33. The van der Waals surface area contributed by atoms with Gasteiger partial charge in [-0.3, -0.25) is 0 Å². The van der Waals surface area contributed by atoms with Crippen molar-refractivity contribution in [2.24, 2.45) is 0 Å². The first kappa shape index (κ1) is 12.7. The molecule has 0 spiro atoms. The predicted octanol–water partition coefficient (Wildman–Crippen LogP) is 4.13. The van der Waals surface area contributed by atoms with Crippen LogP contribution in [0.3, 0.4) is 0 Å². The Morgan fingerprint density at radius 1 is 1.00 bits per heavy atom. The third-order valence-corrected chi connectivity index (χ3v) is 2.58. The van der Waals surface area contributed by atoms with Crippen molar-refractivity contribution < 1.29 is 18.3 Å². The molecule has 0 saturated carbocycles. The van der Waals surface area contributed by atoms with Gasteiger partial charge in [-0.15, -0.1) is 0 Å². The van der Waals surface area contributed by atoms with Crippen LogP contribution >= 0.6 is 11.6 Å². The Kier molecular flexibility index (Phi) is 3.17. The van der Waals surface area contributed by atoms with Crippen LogP contribution < -0.4 is 0 Å². The average Bonchev–Trinajstić information content (AvgIpc) is 2.29. The number of aromatic hydroxyl groups is 1. The molecular weight excluding hydrogens is 267 g/mol. The molecule has 0 bridgehead atoms. The Bertz CT molecular complexity index is 567. The maximum Gasteiger partial charge on any atom is 0.433 e. The summed E-state index contributed by atoms with van der Waals surface area (Å²) in [6, 6.07) is 7.58. The molecule has 0 aliphatic carbocycles. The lowest BCUT2D eigenvalue weighted by atomic mass is 10.1. The maximum atomic E-state index is 12.5. The molecule has 1 aromatic carbocycles. The number of alkyl halides is 3. The van der Waals surface area contributed by atoms with Gasteiger partial charge in [-0.2, -0.15) is 13.2 Å². The van der Waals surface area contributed by atoms with E-state index in [4.69, 9.17) is 16.7 Å². The zero-order valence-electron chi connectivity index (χ0n) is 8.87. The van der Waals surface area contributed by atoms with Gasteiger partial charge in [0.25, 0.3) is 0 Å². The summed E-state index contributed by atoms with van der Waals surface area (Å²) in [7, 11) is 0. The molecule has 1 N–H and O–H groups in total. The van der Waals surface area contributed by atoms with Crippen molar-refractivity contribution in [3.63, 3.8) is 0 Å². The third-order valence-electron chi connectivity index (χ3n) is 2.28. The molecule has 0 aliphatic heterocycles. The lowest BCUT2D eigenvalue weighted by molar-refractivity contribution is -0.141. The van der Waals surface area contributed by atoms with E-state index in [1.54, 1.807) is 0 Å². The van der Waals surface area contributed by atoms with Crippen LogP contribution in [0.1, 0.15) is 5.69 Å². The SMILES string of the molecule is Oc1ccc(-c2nc(C(F)(F)F)ccc2Cl)cc1. The molecule has 0 atom stereocenters. The lowest BCUT2D eigenvalue weighted by Gasteiger charge is -2.09. The fourth-order valence-corrected chi connectivity index (χ4v) is 1.64. The summed E-state index contributed by atoms with van der Waals surface area (Å²) >= 11 is 5.83. The van der Waals surface area contributed by atoms with Crippen molar-refractivity contribution in [2.75, 3.05) is 0 Å². The van der Waals surface area contributed by atoms with Crippen LogP contribution in [-0.2, 0) is 6.18 Å². The Hall–Kier alpha value is -1.75. The highest BCUT2D eigenvalue weighted by molar-refractivity contribution is 6.33. The van der Waals surface area contributed by atoms with E-state index in [-0.39, 0.29) is 16.5 Å². The van der Waals surface area contributed by atoms with Crippen LogP contribution in [-0.4, -0.2) is 10.1 Å². The fraction of sp³-hybridized carbons (Fsp3) is 0.0833.